The van der Waals surface area contributed by atoms with Crippen molar-refractivity contribution < 1.29 is 14.7 Å². The molecule has 14 heavy (non-hydrogen) atoms. The molecule has 6 heteroatoms. The minimum atomic E-state index is -1.61. The SMILES string of the molecule is CC(=O)NC1(O)C=C(Br)C(=O)C(Br)=C1. The van der Waals surface area contributed by atoms with E-state index in [0.717, 1.165) is 0 Å². The van der Waals surface area contributed by atoms with Crippen molar-refractivity contribution in [3.63, 3.8) is 0 Å². The summed E-state index contributed by atoms with van der Waals surface area (Å²) in [5.41, 5.74) is -1.61. The highest BCUT2D eigenvalue weighted by molar-refractivity contribution is 9.13. The van der Waals surface area contributed by atoms with E-state index < -0.39 is 11.6 Å². The first-order chi connectivity index (χ1) is 6.34. The molecule has 0 aromatic rings. The molecule has 1 aliphatic carbocycles. The van der Waals surface area contributed by atoms with Gasteiger partial charge in [0, 0.05) is 6.92 Å². The lowest BCUT2D eigenvalue weighted by molar-refractivity contribution is -0.123. The largest absolute Gasteiger partial charge is 0.364 e. The molecule has 0 fully saturated rings. The second-order valence-electron chi connectivity index (χ2n) is 2.82. The zero-order chi connectivity index (χ0) is 10.9. The lowest BCUT2D eigenvalue weighted by Gasteiger charge is -2.25. The van der Waals surface area contributed by atoms with Crippen LogP contribution in [-0.2, 0) is 9.59 Å². The fourth-order valence-corrected chi connectivity index (χ4v) is 2.42. The molecule has 1 rings (SSSR count). The van der Waals surface area contributed by atoms with Crippen molar-refractivity contribution in [1.29, 1.82) is 0 Å². The molecule has 1 amide bonds. The number of carbonyl (C=O) groups excluding carboxylic acids is 2. The number of rotatable bonds is 1. The zero-order valence-electron chi connectivity index (χ0n) is 7.17. The van der Waals surface area contributed by atoms with E-state index in [9.17, 15) is 14.7 Å². The highest BCUT2D eigenvalue weighted by Gasteiger charge is 2.30. The van der Waals surface area contributed by atoms with Gasteiger partial charge in [-0.2, -0.15) is 0 Å². The summed E-state index contributed by atoms with van der Waals surface area (Å²) in [6.07, 6.45) is 2.45. The molecule has 0 spiro atoms. The van der Waals surface area contributed by atoms with Crippen molar-refractivity contribution >= 4 is 43.6 Å². The van der Waals surface area contributed by atoms with Crippen molar-refractivity contribution in [3.05, 3.63) is 21.1 Å². The van der Waals surface area contributed by atoms with Gasteiger partial charge in [0.25, 0.3) is 0 Å². The summed E-state index contributed by atoms with van der Waals surface area (Å²) in [4.78, 5) is 22.0. The Bertz CT molecular complexity index is 338. The Morgan fingerprint density at radius 2 is 1.86 bits per heavy atom. The number of ketones is 1. The fourth-order valence-electron chi connectivity index (χ4n) is 1.03. The second kappa shape index (κ2) is 3.96. The first kappa shape index (κ1) is 11.6. The van der Waals surface area contributed by atoms with Gasteiger partial charge in [-0.05, 0) is 44.0 Å². The molecule has 0 aliphatic heterocycles. The van der Waals surface area contributed by atoms with Gasteiger partial charge in [0.2, 0.25) is 11.7 Å². The molecule has 0 saturated carbocycles. The summed E-state index contributed by atoms with van der Waals surface area (Å²) in [7, 11) is 0. The molecule has 1 aliphatic rings. The first-order valence-electron chi connectivity index (χ1n) is 3.66. The fraction of sp³-hybridized carbons (Fsp3) is 0.250. The Hall–Kier alpha value is -0.460. The first-order valence-corrected chi connectivity index (χ1v) is 5.25. The molecule has 0 unspecified atom stereocenters. The molecule has 76 valence electrons. The number of nitrogens with one attached hydrogen (secondary N) is 1. The van der Waals surface area contributed by atoms with Crippen LogP contribution >= 0.6 is 31.9 Å². The maximum atomic E-state index is 11.2. The smallest absolute Gasteiger partial charge is 0.219 e. The Morgan fingerprint density at radius 1 is 1.43 bits per heavy atom. The number of aliphatic hydroxyl groups is 1. The maximum Gasteiger partial charge on any atom is 0.219 e. The molecule has 0 heterocycles. The van der Waals surface area contributed by atoms with Gasteiger partial charge in [0.05, 0.1) is 8.96 Å². The van der Waals surface area contributed by atoms with E-state index >= 15 is 0 Å². The maximum absolute atomic E-state index is 11.2. The number of halogens is 2. The predicted molar refractivity (Wildman–Crippen MR) is 57.8 cm³/mol. The van der Waals surface area contributed by atoms with Crippen molar-refractivity contribution in [3.8, 4) is 0 Å². The second-order valence-corrected chi connectivity index (χ2v) is 4.53. The van der Waals surface area contributed by atoms with Gasteiger partial charge in [-0.15, -0.1) is 0 Å². The van der Waals surface area contributed by atoms with Crippen molar-refractivity contribution in [2.45, 2.75) is 12.6 Å². The molecular formula is C8H7Br2NO3. The van der Waals surface area contributed by atoms with Gasteiger partial charge >= 0.3 is 0 Å². The normalized spacial score (nSPS) is 19.9. The van der Waals surface area contributed by atoms with Gasteiger partial charge in [0.1, 0.15) is 0 Å². The molecule has 0 aromatic carbocycles. The van der Waals surface area contributed by atoms with Crippen molar-refractivity contribution in [1.82, 2.24) is 5.32 Å². The Labute approximate surface area is 97.3 Å². The van der Waals surface area contributed by atoms with E-state index in [1.807, 2.05) is 0 Å². The van der Waals surface area contributed by atoms with E-state index in [1.165, 1.54) is 19.1 Å². The minimum absolute atomic E-state index is 0.197. The number of hydrogen-bond acceptors (Lipinski definition) is 3. The van der Waals surface area contributed by atoms with E-state index in [2.05, 4.69) is 37.2 Å². The molecular weight excluding hydrogens is 318 g/mol. The molecule has 0 radical (unpaired) electrons. The van der Waals surface area contributed by atoms with Crippen molar-refractivity contribution in [2.75, 3.05) is 0 Å². The monoisotopic (exact) mass is 323 g/mol. The van der Waals surface area contributed by atoms with E-state index in [4.69, 9.17) is 0 Å². The summed E-state index contributed by atoms with van der Waals surface area (Å²) in [5.74, 6) is -0.671. The van der Waals surface area contributed by atoms with Crippen LogP contribution in [0.1, 0.15) is 6.92 Å². The Balaban J connectivity index is 3.02. The summed E-state index contributed by atoms with van der Waals surface area (Å²) < 4.78 is 0.395. The minimum Gasteiger partial charge on any atom is -0.364 e. The highest BCUT2D eigenvalue weighted by Crippen LogP contribution is 2.27. The Kier molecular flexibility index (Phi) is 3.28. The van der Waals surface area contributed by atoms with Crippen molar-refractivity contribution in [2.24, 2.45) is 0 Å². The van der Waals surface area contributed by atoms with Gasteiger partial charge < -0.3 is 10.4 Å². The molecule has 0 bridgehead atoms. The number of hydrogen-bond donors (Lipinski definition) is 2. The van der Waals surface area contributed by atoms with E-state index in [-0.39, 0.29) is 14.7 Å². The van der Waals surface area contributed by atoms with Crippen LogP contribution < -0.4 is 5.32 Å². The molecule has 0 aromatic heterocycles. The quantitative estimate of drug-likeness (QED) is 0.706. The van der Waals surface area contributed by atoms with Crippen LogP contribution in [0, 0.1) is 0 Å². The van der Waals surface area contributed by atoms with Crippen LogP contribution in [0.2, 0.25) is 0 Å². The summed E-state index contributed by atoms with van der Waals surface area (Å²) >= 11 is 5.98. The van der Waals surface area contributed by atoms with Crippen LogP contribution in [-0.4, -0.2) is 22.5 Å². The summed E-state index contributed by atoms with van der Waals surface area (Å²) in [6, 6.07) is 0. The third-order valence-electron chi connectivity index (χ3n) is 1.50. The lowest BCUT2D eigenvalue weighted by atomic mass is 10.1. The van der Waals surface area contributed by atoms with Crippen LogP contribution in [0.3, 0.4) is 0 Å². The topological polar surface area (TPSA) is 66.4 Å². The average Bonchev–Trinajstić information content (AvgIpc) is 1.97. The predicted octanol–water partition coefficient (Wildman–Crippen LogP) is 0.951. The summed E-state index contributed by atoms with van der Waals surface area (Å²) in [5, 5.41) is 12.1. The van der Waals surface area contributed by atoms with Gasteiger partial charge in [-0.25, -0.2) is 0 Å². The Morgan fingerprint density at radius 3 is 2.21 bits per heavy atom. The van der Waals surface area contributed by atoms with E-state index in [1.54, 1.807) is 0 Å². The molecule has 0 saturated heterocycles. The van der Waals surface area contributed by atoms with Crippen LogP contribution in [0.4, 0.5) is 0 Å². The molecule has 0 atom stereocenters. The lowest BCUT2D eigenvalue weighted by Crippen LogP contribution is -2.46. The summed E-state index contributed by atoms with van der Waals surface area (Å²) in [6.45, 7) is 1.28. The number of Topliss-reactive ketones (excluding diaryl/α,β-unsaturated/α-hetero) is 1. The number of carbonyl (C=O) groups is 2. The average molecular weight is 325 g/mol. The molecule has 4 nitrogen and oxygen atoms in total. The third kappa shape index (κ3) is 2.52. The van der Waals surface area contributed by atoms with Gasteiger partial charge in [0.15, 0.2) is 5.72 Å². The zero-order valence-corrected chi connectivity index (χ0v) is 10.3. The van der Waals surface area contributed by atoms with Crippen LogP contribution in [0.5, 0.6) is 0 Å². The highest BCUT2D eigenvalue weighted by atomic mass is 79.9. The number of amides is 1. The third-order valence-corrected chi connectivity index (χ3v) is 2.68. The van der Waals surface area contributed by atoms with Crippen LogP contribution in [0.15, 0.2) is 21.1 Å². The van der Waals surface area contributed by atoms with Gasteiger partial charge in [-0.3, -0.25) is 9.59 Å². The number of allylic oxidation sites excluding steroid dienone is 2. The van der Waals surface area contributed by atoms with E-state index in [0.29, 0.717) is 0 Å². The van der Waals surface area contributed by atoms with Gasteiger partial charge in [-0.1, -0.05) is 0 Å². The molecule has 2 N–H and O–H groups in total. The van der Waals surface area contributed by atoms with Crippen LogP contribution in [0.25, 0.3) is 0 Å². The standard InChI is InChI=1S/C8H7Br2NO3/c1-4(12)11-8(14)2-5(9)7(13)6(10)3-8/h2-3,14H,1H3,(H,11,12).